The number of rotatable bonds is 3. The van der Waals surface area contributed by atoms with Crippen molar-refractivity contribution in [1.29, 1.82) is 0 Å². The summed E-state index contributed by atoms with van der Waals surface area (Å²) in [5.41, 5.74) is 1.59. The van der Waals surface area contributed by atoms with Crippen LogP contribution in [0, 0.1) is 0 Å². The number of carbonyl (C=O) groups is 1. The van der Waals surface area contributed by atoms with Crippen LogP contribution in [0.1, 0.15) is 0 Å². The van der Waals surface area contributed by atoms with Crippen molar-refractivity contribution in [3.63, 3.8) is 0 Å². The fraction of sp³-hybridized carbons (Fsp3) is 0.188. The molecule has 0 aliphatic carbocycles. The third-order valence-electron chi connectivity index (χ3n) is 3.19. The first-order valence-electron chi connectivity index (χ1n) is 6.71. The van der Waals surface area contributed by atoms with E-state index in [2.05, 4.69) is 4.36 Å². The Morgan fingerprint density at radius 3 is 2.25 bits per heavy atom. The number of nitrogens with zero attached hydrogens (tertiary/aromatic N) is 1. The molecule has 2 rings (SSSR count). The monoisotopic (exact) mass is 357 g/mol. The predicted molar refractivity (Wildman–Crippen MR) is 84.3 cm³/mol. The van der Waals surface area contributed by atoms with Crippen LogP contribution in [0.5, 0.6) is 5.75 Å². The van der Waals surface area contributed by atoms with Crippen molar-refractivity contribution in [2.75, 3.05) is 13.4 Å². The number of methoxy groups -OCH3 is 1. The molecule has 2 aromatic rings. The van der Waals surface area contributed by atoms with Gasteiger partial charge in [-0.1, -0.05) is 24.3 Å². The van der Waals surface area contributed by atoms with E-state index in [0.717, 1.165) is 17.4 Å². The van der Waals surface area contributed by atoms with Gasteiger partial charge >= 0.3 is 12.1 Å². The highest BCUT2D eigenvalue weighted by molar-refractivity contribution is 7.93. The largest absolute Gasteiger partial charge is 0.497 e. The highest BCUT2D eigenvalue weighted by Crippen LogP contribution is 2.26. The SMILES string of the molecule is COc1cccc(-c2ccc(S(C)(=O)=NC(=O)C(F)(F)F)cc2)c1. The molecule has 1 atom stereocenters. The molecule has 0 saturated heterocycles. The van der Waals surface area contributed by atoms with Crippen LogP contribution in [0.4, 0.5) is 13.2 Å². The highest BCUT2D eigenvalue weighted by atomic mass is 32.2. The minimum atomic E-state index is -5.14. The maximum absolute atomic E-state index is 12.3. The fourth-order valence-corrected chi connectivity index (χ4v) is 3.13. The summed E-state index contributed by atoms with van der Waals surface area (Å²) in [6.45, 7) is 0. The van der Waals surface area contributed by atoms with Gasteiger partial charge in [0.15, 0.2) is 0 Å². The summed E-state index contributed by atoms with van der Waals surface area (Å²) in [6.07, 6.45) is -4.14. The first kappa shape index (κ1) is 18.0. The van der Waals surface area contributed by atoms with Gasteiger partial charge in [-0.3, -0.25) is 4.79 Å². The summed E-state index contributed by atoms with van der Waals surface area (Å²) < 4.78 is 57.0. The van der Waals surface area contributed by atoms with Gasteiger partial charge in [-0.25, -0.2) is 4.21 Å². The number of hydrogen-bond donors (Lipinski definition) is 0. The van der Waals surface area contributed by atoms with E-state index in [1.807, 2.05) is 6.07 Å². The minimum absolute atomic E-state index is 0.0479. The number of halogens is 3. The first-order valence-corrected chi connectivity index (χ1v) is 8.63. The number of benzene rings is 2. The van der Waals surface area contributed by atoms with Crippen LogP contribution in [0.25, 0.3) is 11.1 Å². The molecule has 0 spiro atoms. The van der Waals surface area contributed by atoms with Gasteiger partial charge < -0.3 is 4.74 Å². The summed E-state index contributed by atoms with van der Waals surface area (Å²) in [5, 5.41) is 0. The van der Waals surface area contributed by atoms with Crippen LogP contribution in [0.15, 0.2) is 57.8 Å². The van der Waals surface area contributed by atoms with Crippen molar-refractivity contribution in [1.82, 2.24) is 0 Å². The van der Waals surface area contributed by atoms with E-state index in [0.29, 0.717) is 5.75 Å². The Bertz CT molecular complexity index is 867. The van der Waals surface area contributed by atoms with Crippen molar-refractivity contribution >= 4 is 15.6 Å². The summed E-state index contributed by atoms with van der Waals surface area (Å²) in [4.78, 5) is 11.0. The Hall–Kier alpha value is -2.35. The average molecular weight is 357 g/mol. The molecule has 0 heterocycles. The average Bonchev–Trinajstić information content (AvgIpc) is 2.54. The Morgan fingerprint density at radius 2 is 1.71 bits per heavy atom. The zero-order valence-electron chi connectivity index (χ0n) is 12.8. The summed E-state index contributed by atoms with van der Waals surface area (Å²) in [6, 6.07) is 13.2. The summed E-state index contributed by atoms with van der Waals surface area (Å²) in [7, 11) is -1.94. The lowest BCUT2D eigenvalue weighted by Crippen LogP contribution is -2.21. The third kappa shape index (κ3) is 4.14. The number of ether oxygens (including phenoxy) is 1. The molecule has 0 aromatic heterocycles. The van der Waals surface area contributed by atoms with Crippen molar-refractivity contribution in [2.45, 2.75) is 11.1 Å². The maximum atomic E-state index is 12.3. The van der Waals surface area contributed by atoms with Crippen LogP contribution in [-0.4, -0.2) is 29.7 Å². The summed E-state index contributed by atoms with van der Waals surface area (Å²) >= 11 is 0. The Morgan fingerprint density at radius 1 is 1.08 bits per heavy atom. The van der Waals surface area contributed by atoms with Crippen molar-refractivity contribution < 1.29 is 26.9 Å². The molecule has 0 saturated carbocycles. The van der Waals surface area contributed by atoms with Gasteiger partial charge in [0, 0.05) is 11.2 Å². The second kappa shape index (κ2) is 6.64. The van der Waals surface area contributed by atoms with Crippen LogP contribution >= 0.6 is 0 Å². The smallest absolute Gasteiger partial charge is 0.474 e. The predicted octanol–water partition coefficient (Wildman–Crippen LogP) is 3.91. The zero-order chi connectivity index (χ0) is 18.0. The zero-order valence-corrected chi connectivity index (χ0v) is 13.6. The maximum Gasteiger partial charge on any atom is 0.474 e. The fourth-order valence-electron chi connectivity index (χ4n) is 1.97. The van der Waals surface area contributed by atoms with Crippen LogP contribution in [-0.2, 0) is 14.5 Å². The van der Waals surface area contributed by atoms with Gasteiger partial charge in [0.05, 0.1) is 16.8 Å². The van der Waals surface area contributed by atoms with E-state index >= 15 is 0 Å². The van der Waals surface area contributed by atoms with E-state index in [-0.39, 0.29) is 4.90 Å². The van der Waals surface area contributed by atoms with Crippen molar-refractivity contribution in [3.8, 4) is 16.9 Å². The second-order valence-corrected chi connectivity index (χ2v) is 7.21. The molecule has 4 nitrogen and oxygen atoms in total. The van der Waals surface area contributed by atoms with Crippen LogP contribution in [0.3, 0.4) is 0 Å². The standard InChI is InChI=1S/C16H14F3NO3S/c1-23-13-5-3-4-12(10-13)11-6-8-14(9-7-11)24(2,22)20-15(21)16(17,18)19/h3-10H,1-2H3. The first-order chi connectivity index (χ1) is 11.1. The number of amides is 1. The Kier molecular flexibility index (Phi) is 4.98. The summed E-state index contributed by atoms with van der Waals surface area (Å²) in [5.74, 6) is -1.70. The molecule has 0 radical (unpaired) electrons. The third-order valence-corrected chi connectivity index (χ3v) is 4.86. The van der Waals surface area contributed by atoms with Crippen LogP contribution in [0.2, 0.25) is 0 Å². The van der Waals surface area contributed by atoms with Gasteiger partial charge in [-0.2, -0.15) is 13.2 Å². The quantitative estimate of drug-likeness (QED) is 0.837. The number of alkyl halides is 3. The molecule has 2 aromatic carbocycles. The molecule has 0 fully saturated rings. The number of carbonyl (C=O) groups excluding carboxylic acids is 1. The van der Waals surface area contributed by atoms with Gasteiger partial charge in [-0.15, -0.1) is 4.36 Å². The molecule has 0 aliphatic heterocycles. The second-order valence-electron chi connectivity index (χ2n) is 4.95. The van der Waals surface area contributed by atoms with E-state index < -0.39 is 21.8 Å². The Balaban J connectivity index is 2.36. The molecule has 0 bridgehead atoms. The number of hydrogen-bond acceptors (Lipinski definition) is 3. The van der Waals surface area contributed by atoms with Gasteiger partial charge in [0.2, 0.25) is 0 Å². The molecule has 8 heteroatoms. The van der Waals surface area contributed by atoms with Gasteiger partial charge in [0.25, 0.3) is 0 Å². The molecule has 1 amide bonds. The highest BCUT2D eigenvalue weighted by Gasteiger charge is 2.39. The van der Waals surface area contributed by atoms with E-state index in [4.69, 9.17) is 4.74 Å². The Labute approximate surface area is 137 Å². The lowest BCUT2D eigenvalue weighted by molar-refractivity contribution is -0.169. The van der Waals surface area contributed by atoms with Gasteiger partial charge in [-0.05, 0) is 35.4 Å². The van der Waals surface area contributed by atoms with E-state index in [9.17, 15) is 22.2 Å². The molecule has 1 unspecified atom stereocenters. The molecular weight excluding hydrogens is 343 g/mol. The topological polar surface area (TPSA) is 55.7 Å². The molecule has 0 aliphatic rings. The van der Waals surface area contributed by atoms with E-state index in [1.165, 1.54) is 19.2 Å². The lowest BCUT2D eigenvalue weighted by Gasteiger charge is -2.08. The molecule has 0 N–H and O–H groups in total. The van der Waals surface area contributed by atoms with Crippen molar-refractivity contribution in [2.24, 2.45) is 4.36 Å². The normalized spacial score (nSPS) is 13.9. The lowest BCUT2D eigenvalue weighted by atomic mass is 10.1. The van der Waals surface area contributed by atoms with Crippen molar-refractivity contribution in [3.05, 3.63) is 48.5 Å². The minimum Gasteiger partial charge on any atom is -0.497 e. The molecule has 128 valence electrons. The molecular formula is C16H14F3NO3S. The molecule has 24 heavy (non-hydrogen) atoms. The van der Waals surface area contributed by atoms with Crippen LogP contribution < -0.4 is 4.74 Å². The van der Waals surface area contributed by atoms with E-state index in [1.54, 1.807) is 30.3 Å². The van der Waals surface area contributed by atoms with Gasteiger partial charge in [0.1, 0.15) is 5.75 Å².